The van der Waals surface area contributed by atoms with Crippen LogP contribution in [0.4, 0.5) is 0 Å². The summed E-state index contributed by atoms with van der Waals surface area (Å²) in [7, 11) is -5.42. The Morgan fingerprint density at radius 1 is 0.938 bits per heavy atom. The minimum absolute atomic E-state index is 0.0242. The Morgan fingerprint density at radius 2 is 1.56 bits per heavy atom. The summed E-state index contributed by atoms with van der Waals surface area (Å²) in [5.74, 6) is 0.165. The monoisotopic (exact) mass is 483 g/mol. The van der Waals surface area contributed by atoms with E-state index in [0.29, 0.717) is 16.5 Å². The van der Waals surface area contributed by atoms with Crippen LogP contribution in [0, 0.1) is 6.92 Å². The van der Waals surface area contributed by atoms with Gasteiger partial charge in [0.2, 0.25) is 10.0 Å². The first-order valence-corrected chi connectivity index (χ1v) is 16.1. The number of benzene rings is 3. The van der Waals surface area contributed by atoms with Gasteiger partial charge in [-0.15, -0.1) is 0 Å². The summed E-state index contributed by atoms with van der Waals surface area (Å²) in [6.07, 6.45) is 0.829. The summed E-state index contributed by atoms with van der Waals surface area (Å²) in [6, 6.07) is 26.5. The highest BCUT2D eigenvalue weighted by Gasteiger charge is 2.43. The van der Waals surface area contributed by atoms with Crippen LogP contribution >= 0.6 is 11.6 Å². The van der Waals surface area contributed by atoms with Crippen LogP contribution in [0.25, 0.3) is 0 Å². The lowest BCUT2D eigenvalue weighted by molar-refractivity contribution is 0.405. The molecule has 0 bridgehead atoms. The van der Waals surface area contributed by atoms with Crippen molar-refractivity contribution in [3.63, 3.8) is 0 Å². The summed E-state index contributed by atoms with van der Waals surface area (Å²) < 4.78 is 29.2. The average molecular weight is 484 g/mol. The van der Waals surface area contributed by atoms with Crippen molar-refractivity contribution in [3.8, 4) is 0 Å². The zero-order valence-corrected chi connectivity index (χ0v) is 21.4. The van der Waals surface area contributed by atoms with Crippen LogP contribution in [-0.2, 0) is 10.0 Å². The predicted octanol–water partition coefficient (Wildman–Crippen LogP) is 5.81. The SMILES string of the molecule is Cc1ccc(S(=O)(=O)N2C[C@@H](c3ccc(Cl)cc3)C[C@H]2C[Si](C)(C)c2ccccc2)cc1. The van der Waals surface area contributed by atoms with Crippen molar-refractivity contribution < 1.29 is 8.42 Å². The molecule has 0 spiro atoms. The fraction of sp³-hybridized carbons (Fsp3) is 0.308. The van der Waals surface area contributed by atoms with E-state index in [2.05, 4.69) is 37.4 Å². The lowest BCUT2D eigenvalue weighted by atomic mass is 9.97. The van der Waals surface area contributed by atoms with Crippen LogP contribution in [0.15, 0.2) is 83.8 Å². The van der Waals surface area contributed by atoms with Gasteiger partial charge in [-0.3, -0.25) is 0 Å². The Kier molecular flexibility index (Phi) is 6.64. The van der Waals surface area contributed by atoms with Gasteiger partial charge >= 0.3 is 0 Å². The lowest BCUT2D eigenvalue weighted by Crippen LogP contribution is -2.47. The van der Waals surface area contributed by atoms with E-state index in [9.17, 15) is 8.42 Å². The van der Waals surface area contributed by atoms with Crippen LogP contribution < -0.4 is 5.19 Å². The highest BCUT2D eigenvalue weighted by Crippen LogP contribution is 2.39. The van der Waals surface area contributed by atoms with Crippen LogP contribution in [0.5, 0.6) is 0 Å². The van der Waals surface area contributed by atoms with Crippen LogP contribution in [0.1, 0.15) is 23.5 Å². The average Bonchev–Trinajstić information content (AvgIpc) is 3.19. The van der Waals surface area contributed by atoms with Gasteiger partial charge in [-0.05, 0) is 55.1 Å². The molecule has 0 aliphatic carbocycles. The van der Waals surface area contributed by atoms with Crippen LogP contribution in [0.3, 0.4) is 0 Å². The molecular formula is C26H30ClNO2SSi. The van der Waals surface area contributed by atoms with E-state index in [1.807, 2.05) is 49.4 Å². The Labute approximate surface area is 198 Å². The second-order valence-corrected chi connectivity index (χ2v) is 16.6. The quantitative estimate of drug-likeness (QED) is 0.415. The molecule has 1 saturated heterocycles. The van der Waals surface area contributed by atoms with Gasteiger partial charge in [0.25, 0.3) is 0 Å². The van der Waals surface area contributed by atoms with Crippen molar-refractivity contribution in [2.75, 3.05) is 6.54 Å². The number of hydrogen-bond acceptors (Lipinski definition) is 2. The molecule has 0 saturated carbocycles. The van der Waals surface area contributed by atoms with E-state index in [-0.39, 0.29) is 12.0 Å². The van der Waals surface area contributed by atoms with Crippen molar-refractivity contribution in [2.24, 2.45) is 0 Å². The Morgan fingerprint density at radius 3 is 2.19 bits per heavy atom. The number of rotatable bonds is 6. The van der Waals surface area contributed by atoms with Crippen molar-refractivity contribution >= 4 is 34.9 Å². The smallest absolute Gasteiger partial charge is 0.207 e. The second-order valence-electron chi connectivity index (χ2n) is 9.48. The van der Waals surface area contributed by atoms with Gasteiger partial charge in [0.1, 0.15) is 0 Å². The summed E-state index contributed by atoms with van der Waals surface area (Å²) in [5.41, 5.74) is 2.21. The largest absolute Gasteiger partial charge is 0.243 e. The van der Waals surface area contributed by atoms with E-state index >= 15 is 0 Å². The standard InChI is InChI=1S/C26H30ClNO2SSi/c1-20-9-15-25(16-10-20)31(29,30)28-18-22(21-11-13-23(27)14-12-21)17-24(28)19-32(2,3)26-7-5-4-6-8-26/h4-16,22,24H,17-19H2,1-3H3/t22-,24-/m0/s1. The minimum Gasteiger partial charge on any atom is -0.207 e. The molecule has 0 unspecified atom stereocenters. The molecule has 3 nitrogen and oxygen atoms in total. The number of hydrogen-bond donors (Lipinski definition) is 0. The van der Waals surface area contributed by atoms with Gasteiger partial charge in [-0.2, -0.15) is 4.31 Å². The molecule has 2 atom stereocenters. The molecule has 0 amide bonds. The first-order valence-electron chi connectivity index (χ1n) is 11.1. The summed E-state index contributed by atoms with van der Waals surface area (Å²) in [5, 5.41) is 2.06. The third-order valence-electron chi connectivity index (χ3n) is 6.63. The normalized spacial score (nSPS) is 19.9. The van der Waals surface area contributed by atoms with Gasteiger partial charge < -0.3 is 0 Å². The molecule has 168 valence electrons. The summed E-state index contributed by atoms with van der Waals surface area (Å²) >= 11 is 6.10. The molecule has 0 radical (unpaired) electrons. The summed E-state index contributed by atoms with van der Waals surface area (Å²) in [6.45, 7) is 7.16. The molecule has 1 heterocycles. The van der Waals surface area contributed by atoms with E-state index in [1.54, 1.807) is 16.4 Å². The van der Waals surface area contributed by atoms with Gasteiger partial charge in [0.15, 0.2) is 0 Å². The van der Waals surface area contributed by atoms with E-state index in [1.165, 1.54) is 5.19 Å². The van der Waals surface area contributed by atoms with Gasteiger partial charge in [0, 0.05) is 17.6 Å². The lowest BCUT2D eigenvalue weighted by Gasteiger charge is -2.31. The molecule has 1 aliphatic rings. The Balaban J connectivity index is 1.68. The maximum absolute atomic E-state index is 13.7. The maximum atomic E-state index is 13.7. The summed E-state index contributed by atoms with van der Waals surface area (Å²) in [4.78, 5) is 0.379. The molecule has 4 rings (SSSR count). The maximum Gasteiger partial charge on any atom is 0.243 e. The predicted molar refractivity (Wildman–Crippen MR) is 136 cm³/mol. The Bertz CT molecular complexity index is 1160. The topological polar surface area (TPSA) is 37.4 Å². The molecule has 6 heteroatoms. The first-order chi connectivity index (χ1) is 15.2. The van der Waals surface area contributed by atoms with Gasteiger partial charge in [0.05, 0.1) is 13.0 Å². The van der Waals surface area contributed by atoms with Crippen molar-refractivity contribution in [1.82, 2.24) is 4.31 Å². The van der Waals surface area contributed by atoms with E-state index < -0.39 is 18.1 Å². The van der Waals surface area contributed by atoms with Crippen molar-refractivity contribution in [1.29, 1.82) is 0 Å². The number of nitrogens with zero attached hydrogens (tertiary/aromatic N) is 1. The van der Waals surface area contributed by atoms with E-state index in [0.717, 1.165) is 23.6 Å². The second kappa shape index (κ2) is 9.14. The van der Waals surface area contributed by atoms with Crippen molar-refractivity contribution in [3.05, 3.63) is 95.0 Å². The molecule has 1 fully saturated rings. The Hall–Kier alpha value is -1.92. The number of aryl methyl sites for hydroxylation is 1. The number of sulfonamides is 1. The number of halogens is 1. The molecule has 0 N–H and O–H groups in total. The van der Waals surface area contributed by atoms with Gasteiger partial charge in [-0.25, -0.2) is 8.42 Å². The zero-order chi connectivity index (χ0) is 22.9. The molecule has 32 heavy (non-hydrogen) atoms. The molecule has 0 aromatic heterocycles. The highest BCUT2D eigenvalue weighted by molar-refractivity contribution is 7.89. The zero-order valence-electron chi connectivity index (χ0n) is 18.8. The first kappa shape index (κ1) is 23.2. The third-order valence-corrected chi connectivity index (χ3v) is 12.2. The van der Waals surface area contributed by atoms with Crippen LogP contribution in [0.2, 0.25) is 24.2 Å². The molecule has 3 aromatic carbocycles. The fourth-order valence-electron chi connectivity index (χ4n) is 4.78. The van der Waals surface area contributed by atoms with E-state index in [4.69, 9.17) is 11.6 Å². The van der Waals surface area contributed by atoms with Crippen molar-refractivity contribution in [2.45, 2.75) is 49.3 Å². The fourth-order valence-corrected chi connectivity index (χ4v) is 9.62. The minimum atomic E-state index is -3.58. The molecule has 1 aliphatic heterocycles. The highest BCUT2D eigenvalue weighted by atomic mass is 35.5. The third kappa shape index (κ3) is 4.86. The molecular weight excluding hydrogens is 454 g/mol. The van der Waals surface area contributed by atoms with Gasteiger partial charge in [-0.1, -0.05) is 90.0 Å². The van der Waals surface area contributed by atoms with Crippen LogP contribution in [-0.4, -0.2) is 33.4 Å². The molecule has 3 aromatic rings.